The van der Waals surface area contributed by atoms with E-state index in [0.717, 1.165) is 18.7 Å². The molecule has 7 nitrogen and oxygen atoms in total. The zero-order valence-electron chi connectivity index (χ0n) is 15.8. The molecule has 0 saturated carbocycles. The second kappa shape index (κ2) is 8.77. The van der Waals surface area contributed by atoms with Crippen molar-refractivity contribution in [2.24, 2.45) is 5.41 Å². The predicted molar refractivity (Wildman–Crippen MR) is 109 cm³/mol. The number of rotatable bonds is 5. The Labute approximate surface area is 167 Å². The molecule has 152 valence electrons. The molecule has 9 heteroatoms. The Balaban J connectivity index is 0.00000261. The number of carbonyl (C=O) groups is 1. The van der Waals surface area contributed by atoms with Crippen molar-refractivity contribution in [1.82, 2.24) is 5.32 Å². The molecule has 2 N–H and O–H groups in total. The van der Waals surface area contributed by atoms with Crippen LogP contribution in [0.3, 0.4) is 0 Å². The number of ether oxygens (including phenoxy) is 1. The van der Waals surface area contributed by atoms with E-state index in [4.69, 9.17) is 4.74 Å². The van der Waals surface area contributed by atoms with Gasteiger partial charge in [0, 0.05) is 19.3 Å². The van der Waals surface area contributed by atoms with Crippen molar-refractivity contribution in [3.8, 4) is 0 Å². The van der Waals surface area contributed by atoms with Crippen molar-refractivity contribution in [3.63, 3.8) is 0 Å². The van der Waals surface area contributed by atoms with Gasteiger partial charge in [0.1, 0.15) is 0 Å². The fourth-order valence-electron chi connectivity index (χ4n) is 3.75. The maximum Gasteiger partial charge on any atom is 0.235 e. The molecular formula is C18H28ClN3O4S. The first-order valence-electron chi connectivity index (χ1n) is 9.00. The normalized spacial score (nSPS) is 20.7. The van der Waals surface area contributed by atoms with Crippen LogP contribution in [0, 0.1) is 12.3 Å². The van der Waals surface area contributed by atoms with Crippen molar-refractivity contribution >= 4 is 39.7 Å². The highest BCUT2D eigenvalue weighted by Gasteiger charge is 2.40. The lowest BCUT2D eigenvalue weighted by atomic mass is 9.78. The van der Waals surface area contributed by atoms with Crippen molar-refractivity contribution in [1.29, 1.82) is 0 Å². The van der Waals surface area contributed by atoms with Gasteiger partial charge < -0.3 is 15.4 Å². The summed E-state index contributed by atoms with van der Waals surface area (Å²) in [7, 11) is -1.65. The third-order valence-corrected chi connectivity index (χ3v) is 7.15. The predicted octanol–water partition coefficient (Wildman–Crippen LogP) is 1.91. The lowest BCUT2D eigenvalue weighted by Gasteiger charge is -2.35. The van der Waals surface area contributed by atoms with Gasteiger partial charge in [-0.05, 0) is 57.0 Å². The summed E-state index contributed by atoms with van der Waals surface area (Å²) in [5, 5.41) is 6.26. The molecule has 2 aliphatic rings. The fraction of sp³-hybridized carbons (Fsp3) is 0.611. The lowest BCUT2D eigenvalue weighted by Crippen LogP contribution is -2.47. The number of hydrogen-bond acceptors (Lipinski definition) is 5. The van der Waals surface area contributed by atoms with Crippen molar-refractivity contribution in [3.05, 3.63) is 23.8 Å². The number of aryl methyl sites for hydroxylation is 1. The molecular weight excluding hydrogens is 390 g/mol. The van der Waals surface area contributed by atoms with Gasteiger partial charge in [-0.3, -0.25) is 9.10 Å². The van der Waals surface area contributed by atoms with E-state index in [-0.39, 0.29) is 24.1 Å². The third kappa shape index (κ3) is 4.56. The molecule has 27 heavy (non-hydrogen) atoms. The summed E-state index contributed by atoms with van der Waals surface area (Å²) in [5.74, 6) is 0.104. The Bertz CT molecular complexity index is 773. The summed E-state index contributed by atoms with van der Waals surface area (Å²) < 4.78 is 31.3. The smallest absolute Gasteiger partial charge is 0.235 e. The molecule has 2 saturated heterocycles. The van der Waals surface area contributed by atoms with Crippen LogP contribution >= 0.6 is 12.4 Å². The van der Waals surface area contributed by atoms with Gasteiger partial charge in [0.15, 0.2) is 0 Å². The highest BCUT2D eigenvalue weighted by atomic mass is 35.5. The van der Waals surface area contributed by atoms with E-state index in [1.807, 2.05) is 19.1 Å². The fourth-order valence-corrected chi connectivity index (χ4v) is 5.37. The number of benzene rings is 1. The van der Waals surface area contributed by atoms with Gasteiger partial charge >= 0.3 is 0 Å². The van der Waals surface area contributed by atoms with Gasteiger partial charge in [-0.15, -0.1) is 12.4 Å². The summed E-state index contributed by atoms with van der Waals surface area (Å²) in [6, 6.07) is 5.43. The SMILES string of the molecule is COCC1(C(=O)Nc2ccc(C)c(N3CCCS3(=O)=O)c2)CCNCC1.Cl. The summed E-state index contributed by atoms with van der Waals surface area (Å²) in [6.07, 6.45) is 2.06. The molecule has 1 amide bonds. The highest BCUT2D eigenvalue weighted by Crippen LogP contribution is 2.33. The Morgan fingerprint density at radius 1 is 1.33 bits per heavy atom. The molecule has 0 bridgehead atoms. The monoisotopic (exact) mass is 417 g/mol. The molecule has 2 aliphatic heterocycles. The number of anilines is 2. The number of hydrogen-bond donors (Lipinski definition) is 2. The molecule has 0 aromatic heterocycles. The minimum Gasteiger partial charge on any atom is -0.384 e. The molecule has 0 atom stereocenters. The zero-order valence-corrected chi connectivity index (χ0v) is 17.4. The van der Waals surface area contributed by atoms with Crippen LogP contribution in [-0.2, 0) is 19.6 Å². The number of amides is 1. The van der Waals surface area contributed by atoms with Crippen molar-refractivity contribution < 1.29 is 17.9 Å². The van der Waals surface area contributed by atoms with E-state index in [0.29, 0.717) is 43.8 Å². The molecule has 0 radical (unpaired) electrons. The van der Waals surface area contributed by atoms with Crippen LogP contribution in [0.25, 0.3) is 0 Å². The molecule has 0 spiro atoms. The van der Waals surface area contributed by atoms with Crippen LogP contribution < -0.4 is 14.9 Å². The number of sulfonamides is 1. The number of methoxy groups -OCH3 is 1. The van der Waals surface area contributed by atoms with Gasteiger partial charge in [-0.25, -0.2) is 8.42 Å². The van der Waals surface area contributed by atoms with E-state index in [2.05, 4.69) is 10.6 Å². The Hall–Kier alpha value is -1.35. The van der Waals surface area contributed by atoms with Crippen LogP contribution in [0.2, 0.25) is 0 Å². The number of carbonyl (C=O) groups excluding carboxylic acids is 1. The van der Waals surface area contributed by atoms with Gasteiger partial charge in [0.25, 0.3) is 0 Å². The molecule has 0 aliphatic carbocycles. The van der Waals surface area contributed by atoms with Crippen molar-refractivity contribution in [2.45, 2.75) is 26.2 Å². The quantitative estimate of drug-likeness (QED) is 0.764. The van der Waals surface area contributed by atoms with E-state index in [1.165, 1.54) is 4.31 Å². The second-order valence-corrected chi connectivity index (χ2v) is 9.17. The third-order valence-electron chi connectivity index (χ3n) is 5.30. The number of halogens is 1. The first-order valence-corrected chi connectivity index (χ1v) is 10.6. The summed E-state index contributed by atoms with van der Waals surface area (Å²) >= 11 is 0. The van der Waals surface area contributed by atoms with E-state index in [1.54, 1.807) is 13.2 Å². The van der Waals surface area contributed by atoms with Crippen LogP contribution in [0.1, 0.15) is 24.8 Å². The van der Waals surface area contributed by atoms with Crippen LogP contribution in [-0.4, -0.2) is 53.4 Å². The van der Waals surface area contributed by atoms with E-state index < -0.39 is 15.4 Å². The van der Waals surface area contributed by atoms with Crippen LogP contribution in [0.4, 0.5) is 11.4 Å². The molecule has 1 aromatic carbocycles. The van der Waals surface area contributed by atoms with Crippen molar-refractivity contribution in [2.75, 3.05) is 48.7 Å². The highest BCUT2D eigenvalue weighted by molar-refractivity contribution is 7.93. The minimum atomic E-state index is -3.26. The van der Waals surface area contributed by atoms with Crippen LogP contribution in [0.15, 0.2) is 18.2 Å². The molecule has 0 unspecified atom stereocenters. The minimum absolute atomic E-state index is 0. The maximum atomic E-state index is 13.0. The van der Waals surface area contributed by atoms with E-state index in [9.17, 15) is 13.2 Å². The van der Waals surface area contributed by atoms with Gasteiger partial charge in [0.05, 0.1) is 23.5 Å². The van der Waals surface area contributed by atoms with Crippen LogP contribution in [0.5, 0.6) is 0 Å². The van der Waals surface area contributed by atoms with Gasteiger partial charge in [-0.2, -0.15) is 0 Å². The summed E-state index contributed by atoms with van der Waals surface area (Å²) in [4.78, 5) is 13.0. The topological polar surface area (TPSA) is 87.7 Å². The van der Waals surface area contributed by atoms with Gasteiger partial charge in [0.2, 0.25) is 15.9 Å². The van der Waals surface area contributed by atoms with E-state index >= 15 is 0 Å². The second-order valence-electron chi connectivity index (χ2n) is 7.16. The molecule has 2 heterocycles. The molecule has 3 rings (SSSR count). The Kier molecular flexibility index (Phi) is 7.13. The standard InChI is InChI=1S/C18H27N3O4S.ClH/c1-14-4-5-15(12-16(14)21-10-3-11-26(21,23)24)20-17(22)18(13-25-2)6-8-19-9-7-18;/h4-5,12,19H,3,6-11,13H2,1-2H3,(H,20,22);1H. The summed E-state index contributed by atoms with van der Waals surface area (Å²) in [6.45, 7) is 4.30. The summed E-state index contributed by atoms with van der Waals surface area (Å²) in [5.41, 5.74) is 1.59. The first kappa shape index (κ1) is 21.9. The lowest BCUT2D eigenvalue weighted by molar-refractivity contribution is -0.130. The number of nitrogens with zero attached hydrogens (tertiary/aromatic N) is 1. The average Bonchev–Trinajstić information content (AvgIpc) is 2.96. The van der Waals surface area contributed by atoms with Gasteiger partial charge in [-0.1, -0.05) is 6.07 Å². The molecule has 1 aromatic rings. The first-order chi connectivity index (χ1) is 12.4. The zero-order chi connectivity index (χ0) is 18.8. The Morgan fingerprint density at radius 3 is 2.63 bits per heavy atom. The average molecular weight is 418 g/mol. The number of piperidine rings is 1. The Morgan fingerprint density at radius 2 is 2.04 bits per heavy atom. The maximum absolute atomic E-state index is 13.0. The number of nitrogens with one attached hydrogen (secondary N) is 2. The largest absolute Gasteiger partial charge is 0.384 e. The molecule has 2 fully saturated rings.